The lowest BCUT2D eigenvalue weighted by Gasteiger charge is -2.08. The summed E-state index contributed by atoms with van der Waals surface area (Å²) >= 11 is 6.14. The topological polar surface area (TPSA) is 51.8 Å². The molecule has 1 aromatic carbocycles. The van der Waals surface area contributed by atoms with Gasteiger partial charge in [-0.1, -0.05) is 29.8 Å². The van der Waals surface area contributed by atoms with Crippen molar-refractivity contribution < 1.29 is 0 Å². The van der Waals surface area contributed by atoms with Gasteiger partial charge in [-0.3, -0.25) is 0 Å². The van der Waals surface area contributed by atoms with Crippen LogP contribution in [0.1, 0.15) is 11.4 Å². The number of rotatable bonds is 2. The Morgan fingerprint density at radius 2 is 2.06 bits per heavy atom. The zero-order valence-corrected chi connectivity index (χ0v) is 9.70. The summed E-state index contributed by atoms with van der Waals surface area (Å²) in [6, 6.07) is 7.60. The standard InChI is InChI=1S/C12H12ClN3/c1-8-15-7-9(6-14)12(16-8)10-4-2-3-5-11(10)13/h2-5,7H,6,14H2,1H3. The normalized spacial score (nSPS) is 10.4. The van der Waals surface area contributed by atoms with Crippen molar-refractivity contribution in [2.24, 2.45) is 5.73 Å². The molecule has 0 amide bonds. The molecule has 0 atom stereocenters. The van der Waals surface area contributed by atoms with Crippen LogP contribution in [0, 0.1) is 6.92 Å². The van der Waals surface area contributed by atoms with Gasteiger partial charge in [0.25, 0.3) is 0 Å². The lowest BCUT2D eigenvalue weighted by Crippen LogP contribution is -2.03. The molecule has 0 unspecified atom stereocenters. The fourth-order valence-electron chi connectivity index (χ4n) is 1.53. The number of aromatic nitrogens is 2. The highest BCUT2D eigenvalue weighted by molar-refractivity contribution is 6.33. The molecular weight excluding hydrogens is 222 g/mol. The third-order valence-corrected chi connectivity index (χ3v) is 2.66. The Labute approximate surface area is 99.3 Å². The van der Waals surface area contributed by atoms with E-state index in [1.165, 1.54) is 0 Å². The van der Waals surface area contributed by atoms with E-state index in [-0.39, 0.29) is 0 Å². The van der Waals surface area contributed by atoms with Crippen molar-refractivity contribution in [3.63, 3.8) is 0 Å². The van der Waals surface area contributed by atoms with Gasteiger partial charge in [0.05, 0.1) is 5.69 Å². The van der Waals surface area contributed by atoms with Crippen LogP contribution in [0.25, 0.3) is 11.3 Å². The molecule has 0 bridgehead atoms. The minimum atomic E-state index is 0.404. The highest BCUT2D eigenvalue weighted by atomic mass is 35.5. The molecule has 82 valence electrons. The summed E-state index contributed by atoms with van der Waals surface area (Å²) in [5.41, 5.74) is 8.28. The van der Waals surface area contributed by atoms with Gasteiger partial charge in [-0.15, -0.1) is 0 Å². The van der Waals surface area contributed by atoms with Crippen LogP contribution in [0.4, 0.5) is 0 Å². The summed E-state index contributed by atoms with van der Waals surface area (Å²) in [4.78, 5) is 8.53. The first-order valence-electron chi connectivity index (χ1n) is 5.00. The molecule has 2 aromatic rings. The van der Waals surface area contributed by atoms with Crippen molar-refractivity contribution in [3.05, 3.63) is 46.9 Å². The van der Waals surface area contributed by atoms with E-state index in [0.717, 1.165) is 16.8 Å². The van der Waals surface area contributed by atoms with Gasteiger partial charge in [-0.25, -0.2) is 9.97 Å². The molecule has 4 heteroatoms. The van der Waals surface area contributed by atoms with Crippen molar-refractivity contribution in [3.8, 4) is 11.3 Å². The van der Waals surface area contributed by atoms with Crippen LogP contribution in [-0.2, 0) is 6.54 Å². The van der Waals surface area contributed by atoms with Crippen molar-refractivity contribution in [1.29, 1.82) is 0 Å². The van der Waals surface area contributed by atoms with Gasteiger partial charge in [0, 0.05) is 28.9 Å². The molecular formula is C12H12ClN3. The number of nitrogens with zero attached hydrogens (tertiary/aromatic N) is 2. The summed E-state index contributed by atoms with van der Waals surface area (Å²) in [7, 11) is 0. The van der Waals surface area contributed by atoms with Crippen LogP contribution in [0.15, 0.2) is 30.5 Å². The molecule has 0 aliphatic rings. The predicted molar refractivity (Wildman–Crippen MR) is 65.1 cm³/mol. The molecule has 0 aliphatic carbocycles. The number of hydrogen-bond donors (Lipinski definition) is 1. The smallest absolute Gasteiger partial charge is 0.125 e. The van der Waals surface area contributed by atoms with E-state index in [9.17, 15) is 0 Å². The van der Waals surface area contributed by atoms with Crippen molar-refractivity contribution in [2.45, 2.75) is 13.5 Å². The van der Waals surface area contributed by atoms with Gasteiger partial charge in [0.2, 0.25) is 0 Å². The molecule has 0 radical (unpaired) electrons. The highest BCUT2D eigenvalue weighted by Crippen LogP contribution is 2.28. The number of benzene rings is 1. The zero-order valence-electron chi connectivity index (χ0n) is 8.94. The molecule has 2 rings (SSSR count). The van der Waals surface area contributed by atoms with Crippen LogP contribution >= 0.6 is 11.6 Å². The summed E-state index contributed by atoms with van der Waals surface area (Å²) in [6.45, 7) is 2.25. The summed E-state index contributed by atoms with van der Waals surface area (Å²) in [5.74, 6) is 0.715. The van der Waals surface area contributed by atoms with Crippen molar-refractivity contribution in [2.75, 3.05) is 0 Å². The van der Waals surface area contributed by atoms with Gasteiger partial charge in [-0.05, 0) is 13.0 Å². The van der Waals surface area contributed by atoms with Crippen molar-refractivity contribution >= 4 is 11.6 Å². The third-order valence-electron chi connectivity index (χ3n) is 2.33. The molecule has 0 saturated heterocycles. The van der Waals surface area contributed by atoms with Gasteiger partial charge in [-0.2, -0.15) is 0 Å². The summed E-state index contributed by atoms with van der Waals surface area (Å²) in [5, 5.41) is 0.676. The molecule has 2 N–H and O–H groups in total. The minimum absolute atomic E-state index is 0.404. The Kier molecular flexibility index (Phi) is 3.17. The second-order valence-electron chi connectivity index (χ2n) is 3.48. The van der Waals surface area contributed by atoms with E-state index in [4.69, 9.17) is 17.3 Å². The van der Waals surface area contributed by atoms with E-state index < -0.39 is 0 Å². The van der Waals surface area contributed by atoms with Crippen LogP contribution in [0.3, 0.4) is 0 Å². The van der Waals surface area contributed by atoms with Gasteiger partial charge in [0.15, 0.2) is 0 Å². The maximum Gasteiger partial charge on any atom is 0.125 e. The number of aryl methyl sites for hydroxylation is 1. The fraction of sp³-hybridized carbons (Fsp3) is 0.167. The molecule has 0 fully saturated rings. The monoisotopic (exact) mass is 233 g/mol. The van der Waals surface area contributed by atoms with Crippen LogP contribution in [-0.4, -0.2) is 9.97 Å². The molecule has 0 spiro atoms. The number of halogens is 1. The SMILES string of the molecule is Cc1ncc(CN)c(-c2ccccc2Cl)n1. The van der Waals surface area contributed by atoms with E-state index in [0.29, 0.717) is 17.4 Å². The quantitative estimate of drug-likeness (QED) is 0.868. The van der Waals surface area contributed by atoms with Gasteiger partial charge >= 0.3 is 0 Å². The summed E-state index contributed by atoms with van der Waals surface area (Å²) < 4.78 is 0. The predicted octanol–water partition coefficient (Wildman–Crippen LogP) is 2.56. The highest BCUT2D eigenvalue weighted by Gasteiger charge is 2.09. The summed E-state index contributed by atoms with van der Waals surface area (Å²) in [6.07, 6.45) is 1.75. The molecule has 1 aromatic heterocycles. The molecule has 0 aliphatic heterocycles. The molecule has 0 saturated carbocycles. The Morgan fingerprint density at radius 1 is 1.31 bits per heavy atom. The Morgan fingerprint density at radius 3 is 2.75 bits per heavy atom. The van der Waals surface area contributed by atoms with E-state index in [2.05, 4.69) is 9.97 Å². The average Bonchev–Trinajstić information content (AvgIpc) is 2.29. The maximum atomic E-state index is 6.14. The maximum absolute atomic E-state index is 6.14. The van der Waals surface area contributed by atoms with E-state index in [1.807, 2.05) is 31.2 Å². The fourth-order valence-corrected chi connectivity index (χ4v) is 1.76. The minimum Gasteiger partial charge on any atom is -0.326 e. The Balaban J connectivity index is 2.63. The lowest BCUT2D eigenvalue weighted by atomic mass is 10.1. The van der Waals surface area contributed by atoms with E-state index in [1.54, 1.807) is 6.20 Å². The van der Waals surface area contributed by atoms with Crippen molar-refractivity contribution in [1.82, 2.24) is 9.97 Å². The number of hydrogen-bond acceptors (Lipinski definition) is 3. The second-order valence-corrected chi connectivity index (χ2v) is 3.88. The largest absolute Gasteiger partial charge is 0.326 e. The Hall–Kier alpha value is -1.45. The lowest BCUT2D eigenvalue weighted by molar-refractivity contribution is 0.975. The van der Waals surface area contributed by atoms with Gasteiger partial charge in [0.1, 0.15) is 5.82 Å². The van der Waals surface area contributed by atoms with Crippen LogP contribution in [0.5, 0.6) is 0 Å². The van der Waals surface area contributed by atoms with Crippen LogP contribution in [0.2, 0.25) is 5.02 Å². The zero-order chi connectivity index (χ0) is 11.5. The average molecular weight is 234 g/mol. The first-order chi connectivity index (χ1) is 7.72. The first kappa shape index (κ1) is 11.0. The van der Waals surface area contributed by atoms with Crippen LogP contribution < -0.4 is 5.73 Å². The van der Waals surface area contributed by atoms with Gasteiger partial charge < -0.3 is 5.73 Å². The second kappa shape index (κ2) is 4.60. The van der Waals surface area contributed by atoms with E-state index >= 15 is 0 Å². The molecule has 3 nitrogen and oxygen atoms in total. The first-order valence-corrected chi connectivity index (χ1v) is 5.37. The molecule has 16 heavy (non-hydrogen) atoms. The molecule has 1 heterocycles. The Bertz CT molecular complexity index is 511. The third kappa shape index (κ3) is 2.05. The number of nitrogens with two attached hydrogens (primary N) is 1.